The number of nitrogens with one attached hydrogen (secondary N) is 3. The normalized spacial score (nSPS) is 12.6. The molecule has 3 aromatic rings. The third kappa shape index (κ3) is 13.1. The van der Waals surface area contributed by atoms with Crippen LogP contribution in [0.25, 0.3) is 10.9 Å². The highest BCUT2D eigenvalue weighted by molar-refractivity contribution is 5.89. The van der Waals surface area contributed by atoms with E-state index in [2.05, 4.69) is 21.1 Å². The maximum atomic E-state index is 14.6. The summed E-state index contributed by atoms with van der Waals surface area (Å²) in [7, 11) is 0. The first kappa shape index (κ1) is 41.6. The smallest absolute Gasteiger partial charge is 0.407 e. The third-order valence-electron chi connectivity index (χ3n) is 8.35. The van der Waals surface area contributed by atoms with Gasteiger partial charge in [0.05, 0.1) is 11.6 Å². The molecule has 5 amide bonds. The van der Waals surface area contributed by atoms with Crippen molar-refractivity contribution >= 4 is 34.8 Å². The number of carbonyl (C=O) groups excluding carboxylic acids is 3. The first-order valence-corrected chi connectivity index (χ1v) is 17.7. The van der Waals surface area contributed by atoms with E-state index in [-0.39, 0.29) is 26.1 Å². The fourth-order valence-electron chi connectivity index (χ4n) is 5.71. The van der Waals surface area contributed by atoms with Crippen molar-refractivity contribution in [2.45, 2.75) is 97.8 Å². The largest absolute Gasteiger partial charge is 0.465 e. The number of pyridine rings is 1. The maximum absolute atomic E-state index is 14.6. The molecule has 52 heavy (non-hydrogen) atoms. The number of nitrogens with zero attached hydrogens (tertiary/aromatic N) is 3. The van der Waals surface area contributed by atoms with Crippen molar-refractivity contribution in [1.29, 1.82) is 0 Å². The Bertz CT molecular complexity index is 1570. The summed E-state index contributed by atoms with van der Waals surface area (Å²) in [5, 5.41) is 16.1. The second-order valence-electron chi connectivity index (χ2n) is 13.3. The van der Waals surface area contributed by atoms with Crippen LogP contribution in [0, 0.1) is 0 Å². The lowest BCUT2D eigenvalue weighted by molar-refractivity contribution is -0.180. The number of ether oxygens (including phenoxy) is 2. The molecule has 14 heteroatoms. The van der Waals surface area contributed by atoms with Crippen molar-refractivity contribution in [3.05, 3.63) is 78.0 Å². The van der Waals surface area contributed by atoms with Gasteiger partial charge >= 0.3 is 12.1 Å². The summed E-state index contributed by atoms with van der Waals surface area (Å²) in [4.78, 5) is 64.8. The first-order chi connectivity index (χ1) is 24.8. The van der Waals surface area contributed by atoms with Crippen molar-refractivity contribution in [3.8, 4) is 0 Å². The van der Waals surface area contributed by atoms with Crippen LogP contribution in [0.5, 0.6) is 0 Å². The Hall–Kier alpha value is -4.79. The number of aromatic nitrogens is 1. The summed E-state index contributed by atoms with van der Waals surface area (Å²) in [5.41, 5.74) is 4.01. The Morgan fingerprint density at radius 1 is 0.923 bits per heavy atom. The molecule has 1 aromatic heterocycles. The van der Waals surface area contributed by atoms with Crippen LogP contribution in [0.1, 0.15) is 71.9 Å². The van der Waals surface area contributed by atoms with Crippen molar-refractivity contribution in [2.24, 2.45) is 0 Å². The van der Waals surface area contributed by atoms with E-state index < -0.39 is 54.5 Å². The zero-order chi connectivity index (χ0) is 38.1. The highest BCUT2D eigenvalue weighted by Crippen LogP contribution is 2.23. The van der Waals surface area contributed by atoms with Crippen molar-refractivity contribution in [1.82, 2.24) is 30.9 Å². The van der Waals surface area contributed by atoms with Gasteiger partial charge in [0.2, 0.25) is 11.8 Å². The number of fused-ring (bicyclic) bond motifs is 1. The predicted octanol–water partition coefficient (Wildman–Crippen LogP) is 5.22. The van der Waals surface area contributed by atoms with Gasteiger partial charge in [-0.05, 0) is 78.0 Å². The van der Waals surface area contributed by atoms with Gasteiger partial charge < -0.3 is 35.0 Å². The van der Waals surface area contributed by atoms with Crippen LogP contribution < -0.4 is 16.1 Å². The average Bonchev–Trinajstić information content (AvgIpc) is 3.11. The highest BCUT2D eigenvalue weighted by Gasteiger charge is 2.34. The fraction of sp³-hybridized carbons (Fsp3) is 0.500. The monoisotopic (exact) mass is 722 g/mol. The number of unbranched alkanes of at least 4 members (excludes halogenated alkanes) is 1. The highest BCUT2D eigenvalue weighted by atomic mass is 16.7. The standard InChI is InChI=1S/C38H54N6O8/c1-7-50-35(51-8-2)27(3)43(25-30-19-14-18-29-20-15-22-39-33(29)30)34(46)31(21-12-13-23-44(37(48)49)38(4,5)6)41-32(45)26-52-42-36(47)40-24-28-16-10-9-11-17-28/h9-11,14-20,22,27,31,35H,7-8,12-13,21,23-26H2,1-6H3,(H,41,45)(H,48,49)(H2,40,42,47)/t27-,31-/m0/s1. The number of rotatable bonds is 20. The lowest BCUT2D eigenvalue weighted by atomic mass is 10.0. The van der Waals surface area contributed by atoms with E-state index in [1.807, 2.05) is 102 Å². The molecule has 0 unspecified atom stereocenters. The number of para-hydroxylation sites is 1. The third-order valence-corrected chi connectivity index (χ3v) is 8.35. The van der Waals surface area contributed by atoms with Crippen LogP contribution in [0.4, 0.5) is 9.59 Å². The molecule has 0 saturated heterocycles. The number of carbonyl (C=O) groups is 4. The Morgan fingerprint density at radius 3 is 2.27 bits per heavy atom. The van der Waals surface area contributed by atoms with E-state index in [0.29, 0.717) is 26.1 Å². The van der Waals surface area contributed by atoms with Gasteiger partial charge in [0.25, 0.3) is 0 Å². The molecule has 0 aliphatic heterocycles. The summed E-state index contributed by atoms with van der Waals surface area (Å²) in [6.45, 7) is 11.8. The van der Waals surface area contributed by atoms with Gasteiger partial charge in [-0.15, -0.1) is 0 Å². The lowest BCUT2D eigenvalue weighted by Gasteiger charge is -2.37. The Kier molecular flexibility index (Phi) is 16.7. The zero-order valence-electron chi connectivity index (χ0n) is 31.1. The molecule has 2 aromatic carbocycles. The molecule has 2 atom stereocenters. The van der Waals surface area contributed by atoms with Crippen LogP contribution in [-0.4, -0.2) is 94.1 Å². The van der Waals surface area contributed by atoms with Crippen LogP contribution in [0.2, 0.25) is 0 Å². The Labute approximate surface area is 306 Å². The summed E-state index contributed by atoms with van der Waals surface area (Å²) >= 11 is 0. The lowest BCUT2D eigenvalue weighted by Crippen LogP contribution is -2.55. The Balaban J connectivity index is 1.82. The van der Waals surface area contributed by atoms with Gasteiger partial charge in [0, 0.05) is 50.0 Å². The quantitative estimate of drug-likeness (QED) is 0.0694. The van der Waals surface area contributed by atoms with Crippen molar-refractivity contribution < 1.29 is 38.6 Å². The molecule has 0 radical (unpaired) electrons. The molecule has 0 spiro atoms. The summed E-state index contributed by atoms with van der Waals surface area (Å²) < 4.78 is 11.8. The molecule has 0 aliphatic rings. The van der Waals surface area contributed by atoms with E-state index in [0.717, 1.165) is 22.0 Å². The number of hydrogen-bond donors (Lipinski definition) is 4. The number of carboxylic acid groups (broad SMARTS) is 1. The molecule has 14 nitrogen and oxygen atoms in total. The van der Waals surface area contributed by atoms with Crippen molar-refractivity contribution in [2.75, 3.05) is 26.4 Å². The van der Waals surface area contributed by atoms with Gasteiger partial charge in [-0.1, -0.05) is 54.6 Å². The number of hydroxylamine groups is 1. The molecule has 0 aliphatic carbocycles. The van der Waals surface area contributed by atoms with Crippen molar-refractivity contribution in [3.63, 3.8) is 0 Å². The minimum Gasteiger partial charge on any atom is -0.465 e. The SMILES string of the molecule is CCOC(OCC)[C@H](C)N(Cc1cccc2cccnc12)C(=O)[C@H](CCCCN(C(=O)O)C(C)(C)C)NC(=O)CONC(=O)NCc1ccccc1. The topological polar surface area (TPSA) is 172 Å². The van der Waals surface area contributed by atoms with E-state index in [9.17, 15) is 24.3 Å². The fourth-order valence-corrected chi connectivity index (χ4v) is 5.71. The van der Waals surface area contributed by atoms with Gasteiger partial charge in [-0.2, -0.15) is 0 Å². The molecule has 0 saturated carbocycles. The minimum atomic E-state index is -1.03. The molecule has 0 bridgehead atoms. The van der Waals surface area contributed by atoms with Crippen LogP contribution in [0.15, 0.2) is 66.9 Å². The predicted molar refractivity (Wildman–Crippen MR) is 197 cm³/mol. The van der Waals surface area contributed by atoms with E-state index in [1.54, 1.807) is 11.1 Å². The number of benzene rings is 2. The van der Waals surface area contributed by atoms with E-state index in [4.69, 9.17) is 14.3 Å². The zero-order valence-corrected chi connectivity index (χ0v) is 31.1. The molecule has 4 N–H and O–H groups in total. The van der Waals surface area contributed by atoms with Crippen LogP contribution in [0.3, 0.4) is 0 Å². The van der Waals surface area contributed by atoms with Gasteiger partial charge in [-0.3, -0.25) is 19.4 Å². The van der Waals surface area contributed by atoms with E-state index in [1.165, 1.54) is 4.90 Å². The average molecular weight is 723 g/mol. The summed E-state index contributed by atoms with van der Waals surface area (Å²) in [5.74, 6) is -1.02. The minimum absolute atomic E-state index is 0.147. The number of urea groups is 1. The second kappa shape index (κ2) is 20.9. The van der Waals surface area contributed by atoms with Gasteiger partial charge in [-0.25, -0.2) is 15.1 Å². The van der Waals surface area contributed by atoms with Gasteiger partial charge in [0.15, 0.2) is 12.9 Å². The second-order valence-corrected chi connectivity index (χ2v) is 13.3. The molecule has 1 heterocycles. The number of hydrogen-bond acceptors (Lipinski definition) is 8. The summed E-state index contributed by atoms with van der Waals surface area (Å²) in [6.07, 6.45) is 0.991. The van der Waals surface area contributed by atoms with E-state index >= 15 is 0 Å². The molecule has 284 valence electrons. The molecular weight excluding hydrogens is 668 g/mol. The van der Waals surface area contributed by atoms with Gasteiger partial charge in [0.1, 0.15) is 6.04 Å². The summed E-state index contributed by atoms with van der Waals surface area (Å²) in [6, 6.07) is 16.6. The van der Waals surface area contributed by atoms with Crippen LogP contribution >= 0.6 is 0 Å². The number of amides is 5. The molecule has 0 fully saturated rings. The Morgan fingerprint density at radius 2 is 1.62 bits per heavy atom. The first-order valence-electron chi connectivity index (χ1n) is 17.7. The molecular formula is C38H54N6O8. The maximum Gasteiger partial charge on any atom is 0.407 e. The molecule has 3 rings (SSSR count). The van der Waals surface area contributed by atoms with Crippen LogP contribution in [-0.2, 0) is 37.0 Å².